The predicted molar refractivity (Wildman–Crippen MR) is 59.6 cm³/mol. The number of hydrogen-bond donors (Lipinski definition) is 2. The minimum Gasteiger partial charge on any atom is -0.475 e. The van der Waals surface area contributed by atoms with Gasteiger partial charge in [-0.05, 0) is 13.0 Å². The summed E-state index contributed by atoms with van der Waals surface area (Å²) in [4.78, 5) is 10.8. The van der Waals surface area contributed by atoms with E-state index in [4.69, 9.17) is 14.3 Å². The van der Waals surface area contributed by atoms with Gasteiger partial charge in [-0.15, -0.1) is 0 Å². The summed E-state index contributed by atoms with van der Waals surface area (Å²) in [5, 5.41) is 10.9. The number of morpholine rings is 1. The molecular formula is C11H16N2O4. The maximum absolute atomic E-state index is 10.8. The third kappa shape index (κ3) is 3.06. The molecule has 2 N–H and O–H groups in total. The molecule has 1 aliphatic rings. The number of rotatable bonds is 4. The highest BCUT2D eigenvalue weighted by Gasteiger charge is 2.15. The van der Waals surface area contributed by atoms with Crippen molar-refractivity contribution in [3.63, 3.8) is 0 Å². The maximum Gasteiger partial charge on any atom is 0.372 e. The number of nitrogens with zero attached hydrogens (tertiary/aromatic N) is 1. The Labute approximate surface area is 99.1 Å². The lowest BCUT2D eigenvalue weighted by atomic mass is 10.2. The SMILES string of the molecule is Cc1cc(CNN2CCOCC2)oc1C(=O)O. The monoisotopic (exact) mass is 240 g/mol. The number of carboxylic acid groups (broad SMARTS) is 1. The second-order valence-electron chi connectivity index (χ2n) is 3.96. The summed E-state index contributed by atoms with van der Waals surface area (Å²) < 4.78 is 10.5. The summed E-state index contributed by atoms with van der Waals surface area (Å²) in [6.07, 6.45) is 0. The Morgan fingerprint density at radius 1 is 1.53 bits per heavy atom. The van der Waals surface area contributed by atoms with Gasteiger partial charge in [0.25, 0.3) is 0 Å². The van der Waals surface area contributed by atoms with E-state index >= 15 is 0 Å². The van der Waals surface area contributed by atoms with Gasteiger partial charge < -0.3 is 14.3 Å². The first-order valence-electron chi connectivity index (χ1n) is 5.55. The molecular weight excluding hydrogens is 224 g/mol. The summed E-state index contributed by atoms with van der Waals surface area (Å²) >= 11 is 0. The molecule has 6 nitrogen and oxygen atoms in total. The standard InChI is InChI=1S/C11H16N2O4/c1-8-6-9(17-10(8)11(14)15)7-12-13-2-4-16-5-3-13/h6,12H,2-5,7H2,1H3,(H,14,15). The lowest BCUT2D eigenvalue weighted by Gasteiger charge is -2.26. The molecule has 1 saturated heterocycles. The zero-order valence-corrected chi connectivity index (χ0v) is 9.73. The van der Waals surface area contributed by atoms with Crippen molar-refractivity contribution < 1.29 is 19.1 Å². The Bertz CT molecular complexity index is 396. The molecule has 6 heteroatoms. The van der Waals surface area contributed by atoms with Gasteiger partial charge in [-0.2, -0.15) is 0 Å². The molecule has 94 valence electrons. The molecule has 1 aromatic heterocycles. The highest BCUT2D eigenvalue weighted by molar-refractivity contribution is 5.86. The predicted octanol–water partition coefficient (Wildman–Crippen LogP) is 0.623. The van der Waals surface area contributed by atoms with Crippen LogP contribution in [-0.4, -0.2) is 42.4 Å². The normalized spacial score (nSPS) is 17.2. The van der Waals surface area contributed by atoms with Gasteiger partial charge in [-0.1, -0.05) is 0 Å². The molecule has 0 atom stereocenters. The number of aromatic carboxylic acids is 1. The van der Waals surface area contributed by atoms with E-state index in [1.165, 1.54) is 0 Å². The van der Waals surface area contributed by atoms with Crippen molar-refractivity contribution in [3.8, 4) is 0 Å². The van der Waals surface area contributed by atoms with Crippen molar-refractivity contribution in [2.45, 2.75) is 13.5 Å². The molecule has 0 unspecified atom stereocenters. The van der Waals surface area contributed by atoms with E-state index in [9.17, 15) is 4.79 Å². The Morgan fingerprint density at radius 3 is 2.82 bits per heavy atom. The number of furan rings is 1. The zero-order valence-electron chi connectivity index (χ0n) is 9.73. The minimum atomic E-state index is -1.03. The Balaban J connectivity index is 1.90. The molecule has 2 heterocycles. The fraction of sp³-hybridized carbons (Fsp3) is 0.545. The number of nitrogens with one attached hydrogen (secondary N) is 1. The highest BCUT2D eigenvalue weighted by atomic mass is 16.5. The molecule has 0 radical (unpaired) electrons. The summed E-state index contributed by atoms with van der Waals surface area (Å²) in [7, 11) is 0. The van der Waals surface area contributed by atoms with Crippen LogP contribution in [0.5, 0.6) is 0 Å². The summed E-state index contributed by atoms with van der Waals surface area (Å²) in [6.45, 7) is 5.30. The smallest absolute Gasteiger partial charge is 0.372 e. The second-order valence-corrected chi connectivity index (χ2v) is 3.96. The van der Waals surface area contributed by atoms with Crippen LogP contribution in [-0.2, 0) is 11.3 Å². The molecule has 0 spiro atoms. The molecule has 1 fully saturated rings. The maximum atomic E-state index is 10.8. The van der Waals surface area contributed by atoms with E-state index < -0.39 is 5.97 Å². The number of carbonyl (C=O) groups is 1. The second kappa shape index (κ2) is 5.31. The van der Waals surface area contributed by atoms with E-state index in [0.717, 1.165) is 13.1 Å². The minimum absolute atomic E-state index is 0.0174. The quantitative estimate of drug-likeness (QED) is 0.803. The van der Waals surface area contributed by atoms with Gasteiger partial charge in [-0.25, -0.2) is 15.2 Å². The lowest BCUT2D eigenvalue weighted by molar-refractivity contribution is 0.00937. The average molecular weight is 240 g/mol. The topological polar surface area (TPSA) is 74.9 Å². The summed E-state index contributed by atoms with van der Waals surface area (Å²) in [5.41, 5.74) is 3.83. The van der Waals surface area contributed by atoms with Crippen LogP contribution in [0.2, 0.25) is 0 Å². The number of hydrogen-bond acceptors (Lipinski definition) is 5. The van der Waals surface area contributed by atoms with Crippen LogP contribution < -0.4 is 5.43 Å². The summed E-state index contributed by atoms with van der Waals surface area (Å²) in [6, 6.07) is 1.75. The first kappa shape index (κ1) is 12.1. The fourth-order valence-corrected chi connectivity index (χ4v) is 1.76. The van der Waals surface area contributed by atoms with E-state index in [1.54, 1.807) is 13.0 Å². The number of aryl methyl sites for hydroxylation is 1. The highest BCUT2D eigenvalue weighted by Crippen LogP contribution is 2.14. The van der Waals surface area contributed by atoms with Crippen molar-refractivity contribution in [2.24, 2.45) is 0 Å². The van der Waals surface area contributed by atoms with Crippen LogP contribution in [0.3, 0.4) is 0 Å². The molecule has 1 aromatic rings. The molecule has 2 rings (SSSR count). The number of hydrazine groups is 1. The van der Waals surface area contributed by atoms with Crippen LogP contribution in [0, 0.1) is 6.92 Å². The molecule has 0 saturated carbocycles. The zero-order chi connectivity index (χ0) is 12.3. The van der Waals surface area contributed by atoms with Crippen molar-refractivity contribution in [1.82, 2.24) is 10.4 Å². The molecule has 0 aliphatic carbocycles. The average Bonchev–Trinajstić information content (AvgIpc) is 2.69. The van der Waals surface area contributed by atoms with Crippen LogP contribution in [0.4, 0.5) is 0 Å². The molecule has 1 aliphatic heterocycles. The van der Waals surface area contributed by atoms with Crippen LogP contribution in [0.15, 0.2) is 10.5 Å². The van der Waals surface area contributed by atoms with Gasteiger partial charge in [0.1, 0.15) is 5.76 Å². The van der Waals surface area contributed by atoms with Gasteiger partial charge in [-0.3, -0.25) is 0 Å². The number of carboxylic acids is 1. The van der Waals surface area contributed by atoms with E-state index in [0.29, 0.717) is 31.1 Å². The van der Waals surface area contributed by atoms with Crippen molar-refractivity contribution in [3.05, 3.63) is 23.2 Å². The van der Waals surface area contributed by atoms with Crippen LogP contribution >= 0.6 is 0 Å². The molecule has 0 aromatic carbocycles. The van der Waals surface area contributed by atoms with Gasteiger partial charge in [0, 0.05) is 18.7 Å². The van der Waals surface area contributed by atoms with Crippen LogP contribution in [0.1, 0.15) is 21.9 Å². The first-order chi connectivity index (χ1) is 8.16. The third-order valence-electron chi connectivity index (χ3n) is 2.65. The van der Waals surface area contributed by atoms with Gasteiger partial charge in [0.05, 0.1) is 19.8 Å². The third-order valence-corrected chi connectivity index (χ3v) is 2.65. The van der Waals surface area contributed by atoms with Crippen molar-refractivity contribution >= 4 is 5.97 Å². The Hall–Kier alpha value is -1.37. The van der Waals surface area contributed by atoms with Crippen LogP contribution in [0.25, 0.3) is 0 Å². The molecule has 17 heavy (non-hydrogen) atoms. The van der Waals surface area contributed by atoms with Gasteiger partial charge in [0.15, 0.2) is 0 Å². The van der Waals surface area contributed by atoms with E-state index in [2.05, 4.69) is 5.43 Å². The van der Waals surface area contributed by atoms with Gasteiger partial charge in [0.2, 0.25) is 5.76 Å². The Kier molecular flexibility index (Phi) is 3.78. The summed E-state index contributed by atoms with van der Waals surface area (Å²) in [5.74, 6) is -0.379. The number of ether oxygens (including phenoxy) is 1. The first-order valence-corrected chi connectivity index (χ1v) is 5.55. The Morgan fingerprint density at radius 2 is 2.24 bits per heavy atom. The molecule has 0 amide bonds. The largest absolute Gasteiger partial charge is 0.475 e. The van der Waals surface area contributed by atoms with E-state index in [1.807, 2.05) is 5.01 Å². The molecule has 0 bridgehead atoms. The fourth-order valence-electron chi connectivity index (χ4n) is 1.76. The van der Waals surface area contributed by atoms with Gasteiger partial charge >= 0.3 is 5.97 Å². The van der Waals surface area contributed by atoms with Crippen molar-refractivity contribution in [2.75, 3.05) is 26.3 Å². The van der Waals surface area contributed by atoms with Crippen molar-refractivity contribution in [1.29, 1.82) is 0 Å². The lowest BCUT2D eigenvalue weighted by Crippen LogP contribution is -2.45. The van der Waals surface area contributed by atoms with E-state index in [-0.39, 0.29) is 5.76 Å².